The van der Waals surface area contributed by atoms with Crippen molar-refractivity contribution in [1.82, 2.24) is 4.98 Å². The number of nitrogens with zero attached hydrogens (tertiary/aromatic N) is 1. The van der Waals surface area contributed by atoms with Crippen LogP contribution in [0, 0.1) is 0 Å². The Hall–Kier alpha value is -1.18. The molecule has 0 bridgehead atoms. The zero-order chi connectivity index (χ0) is 10.6. The number of hydrogen-bond acceptors (Lipinski definition) is 2. The lowest BCUT2D eigenvalue weighted by atomic mass is 9.94. The summed E-state index contributed by atoms with van der Waals surface area (Å²) in [5.74, 6) is 0.618. The summed E-state index contributed by atoms with van der Waals surface area (Å²) in [5.41, 5.74) is 1.90. The highest BCUT2D eigenvalue weighted by Crippen LogP contribution is 2.22. The highest BCUT2D eigenvalue weighted by atomic mass is 16.1. The average Bonchev–Trinajstić information content (AvgIpc) is 2.20. The summed E-state index contributed by atoms with van der Waals surface area (Å²) in [6.45, 7) is 5.90. The second-order valence-electron chi connectivity index (χ2n) is 3.58. The summed E-state index contributed by atoms with van der Waals surface area (Å²) in [5, 5.41) is 0. The van der Waals surface area contributed by atoms with Crippen LogP contribution >= 0.6 is 0 Å². The highest BCUT2D eigenvalue weighted by molar-refractivity contribution is 5.93. The smallest absolute Gasteiger partial charge is 0.161 e. The number of pyridine rings is 1. The molecule has 0 fully saturated rings. The van der Waals surface area contributed by atoms with Crippen molar-refractivity contribution in [1.29, 1.82) is 0 Å². The minimum atomic E-state index is 0.0882. The molecule has 0 aliphatic carbocycles. The van der Waals surface area contributed by atoms with Gasteiger partial charge in [0.2, 0.25) is 0 Å². The van der Waals surface area contributed by atoms with E-state index >= 15 is 0 Å². The van der Waals surface area contributed by atoms with Crippen LogP contribution in [-0.2, 0) is 0 Å². The van der Waals surface area contributed by atoms with Gasteiger partial charge in [-0.05, 0) is 37.3 Å². The van der Waals surface area contributed by atoms with Gasteiger partial charge >= 0.3 is 0 Å². The molecule has 0 saturated carbocycles. The van der Waals surface area contributed by atoms with E-state index in [1.54, 1.807) is 13.1 Å². The fraction of sp³-hybridized carbons (Fsp3) is 0.500. The van der Waals surface area contributed by atoms with Crippen LogP contribution in [0.2, 0.25) is 0 Å². The van der Waals surface area contributed by atoms with Gasteiger partial charge in [-0.3, -0.25) is 9.78 Å². The zero-order valence-electron chi connectivity index (χ0n) is 9.08. The third kappa shape index (κ3) is 2.41. The second kappa shape index (κ2) is 4.89. The monoisotopic (exact) mass is 191 g/mol. The van der Waals surface area contributed by atoms with Gasteiger partial charge < -0.3 is 0 Å². The molecule has 2 heteroatoms. The van der Waals surface area contributed by atoms with Crippen LogP contribution in [0.3, 0.4) is 0 Å². The van der Waals surface area contributed by atoms with E-state index in [-0.39, 0.29) is 5.78 Å². The largest absolute Gasteiger partial charge is 0.294 e. The van der Waals surface area contributed by atoms with E-state index in [1.807, 2.05) is 12.3 Å². The van der Waals surface area contributed by atoms with Crippen LogP contribution < -0.4 is 0 Å². The Bertz CT molecular complexity index is 316. The standard InChI is InChI=1S/C12H17NO/c1-4-10(5-2)12-6-11(9(3)14)7-13-8-12/h6-8,10H,4-5H2,1-3H3. The lowest BCUT2D eigenvalue weighted by molar-refractivity contribution is 0.101. The van der Waals surface area contributed by atoms with Crippen molar-refractivity contribution in [2.75, 3.05) is 0 Å². The van der Waals surface area contributed by atoms with Crippen LogP contribution in [0.5, 0.6) is 0 Å². The van der Waals surface area contributed by atoms with Crippen molar-refractivity contribution in [3.8, 4) is 0 Å². The molecule has 0 spiro atoms. The van der Waals surface area contributed by atoms with E-state index in [9.17, 15) is 4.79 Å². The van der Waals surface area contributed by atoms with E-state index in [2.05, 4.69) is 18.8 Å². The normalized spacial score (nSPS) is 10.6. The van der Waals surface area contributed by atoms with Crippen molar-refractivity contribution in [3.63, 3.8) is 0 Å². The van der Waals surface area contributed by atoms with Crippen molar-refractivity contribution in [2.45, 2.75) is 39.5 Å². The van der Waals surface area contributed by atoms with Crippen molar-refractivity contribution < 1.29 is 4.79 Å². The molecule has 0 atom stereocenters. The molecule has 0 aliphatic rings. The number of rotatable bonds is 4. The second-order valence-corrected chi connectivity index (χ2v) is 3.58. The van der Waals surface area contributed by atoms with Crippen molar-refractivity contribution in [3.05, 3.63) is 29.6 Å². The van der Waals surface area contributed by atoms with Gasteiger partial charge in [-0.25, -0.2) is 0 Å². The Kier molecular flexibility index (Phi) is 3.81. The number of Topliss-reactive ketones (excluding diaryl/α,β-unsaturated/α-hetero) is 1. The number of aromatic nitrogens is 1. The Morgan fingerprint density at radius 2 is 2.00 bits per heavy atom. The molecular formula is C12H17NO. The van der Waals surface area contributed by atoms with E-state index in [1.165, 1.54) is 5.56 Å². The van der Waals surface area contributed by atoms with Gasteiger partial charge in [0.15, 0.2) is 5.78 Å². The average molecular weight is 191 g/mol. The van der Waals surface area contributed by atoms with Gasteiger partial charge in [-0.1, -0.05) is 13.8 Å². The SMILES string of the molecule is CCC(CC)c1cncc(C(C)=O)c1. The molecule has 0 N–H and O–H groups in total. The van der Waals surface area contributed by atoms with E-state index in [0.29, 0.717) is 5.92 Å². The Morgan fingerprint density at radius 1 is 1.36 bits per heavy atom. The quantitative estimate of drug-likeness (QED) is 0.684. The van der Waals surface area contributed by atoms with E-state index in [0.717, 1.165) is 18.4 Å². The lowest BCUT2D eigenvalue weighted by Gasteiger charge is -2.12. The maximum Gasteiger partial charge on any atom is 0.161 e. The molecule has 14 heavy (non-hydrogen) atoms. The van der Waals surface area contributed by atoms with Crippen LogP contribution in [0.25, 0.3) is 0 Å². The number of hydrogen-bond donors (Lipinski definition) is 0. The molecular weight excluding hydrogens is 174 g/mol. The summed E-state index contributed by atoms with van der Waals surface area (Å²) < 4.78 is 0. The van der Waals surface area contributed by atoms with Crippen molar-refractivity contribution >= 4 is 5.78 Å². The lowest BCUT2D eigenvalue weighted by Crippen LogP contribution is -2.00. The molecule has 1 aromatic rings. The summed E-state index contributed by atoms with van der Waals surface area (Å²) in [7, 11) is 0. The molecule has 1 aromatic heterocycles. The third-order valence-electron chi connectivity index (χ3n) is 2.62. The Labute approximate surface area is 85.4 Å². The summed E-state index contributed by atoms with van der Waals surface area (Å²) in [4.78, 5) is 15.3. The first-order valence-electron chi connectivity index (χ1n) is 5.14. The molecule has 0 radical (unpaired) electrons. The molecule has 76 valence electrons. The first-order valence-corrected chi connectivity index (χ1v) is 5.14. The van der Waals surface area contributed by atoms with E-state index < -0.39 is 0 Å². The first-order chi connectivity index (χ1) is 6.69. The number of ketones is 1. The molecule has 1 heterocycles. The molecule has 1 rings (SSSR count). The van der Waals surface area contributed by atoms with Crippen LogP contribution in [0.4, 0.5) is 0 Å². The fourth-order valence-corrected chi connectivity index (χ4v) is 1.63. The Balaban J connectivity index is 2.98. The predicted octanol–water partition coefficient (Wildman–Crippen LogP) is 3.19. The highest BCUT2D eigenvalue weighted by Gasteiger charge is 2.09. The summed E-state index contributed by atoms with van der Waals surface area (Å²) >= 11 is 0. The van der Waals surface area contributed by atoms with Crippen molar-refractivity contribution in [2.24, 2.45) is 0 Å². The summed E-state index contributed by atoms with van der Waals surface area (Å²) in [6, 6.07) is 1.97. The molecule has 0 aliphatic heterocycles. The number of carbonyl (C=O) groups excluding carboxylic acids is 1. The van der Waals surface area contributed by atoms with Crippen LogP contribution in [-0.4, -0.2) is 10.8 Å². The molecule has 2 nitrogen and oxygen atoms in total. The van der Waals surface area contributed by atoms with Gasteiger partial charge in [0.25, 0.3) is 0 Å². The molecule has 0 aromatic carbocycles. The predicted molar refractivity (Wildman–Crippen MR) is 57.6 cm³/mol. The molecule has 0 unspecified atom stereocenters. The minimum Gasteiger partial charge on any atom is -0.294 e. The first kappa shape index (κ1) is 10.9. The minimum absolute atomic E-state index is 0.0882. The molecule has 0 saturated heterocycles. The summed E-state index contributed by atoms with van der Waals surface area (Å²) in [6.07, 6.45) is 5.69. The zero-order valence-corrected chi connectivity index (χ0v) is 9.08. The topological polar surface area (TPSA) is 30.0 Å². The van der Waals surface area contributed by atoms with Gasteiger partial charge in [0.05, 0.1) is 0 Å². The van der Waals surface area contributed by atoms with Gasteiger partial charge in [0, 0.05) is 18.0 Å². The van der Waals surface area contributed by atoms with Crippen LogP contribution in [0.15, 0.2) is 18.5 Å². The Morgan fingerprint density at radius 3 is 2.50 bits per heavy atom. The molecule has 0 amide bonds. The van der Waals surface area contributed by atoms with Gasteiger partial charge in [-0.15, -0.1) is 0 Å². The van der Waals surface area contributed by atoms with Gasteiger partial charge in [0.1, 0.15) is 0 Å². The maximum atomic E-state index is 11.2. The fourth-order valence-electron chi connectivity index (χ4n) is 1.63. The van der Waals surface area contributed by atoms with E-state index in [4.69, 9.17) is 0 Å². The van der Waals surface area contributed by atoms with Crippen LogP contribution in [0.1, 0.15) is 55.5 Å². The third-order valence-corrected chi connectivity index (χ3v) is 2.62. The van der Waals surface area contributed by atoms with Gasteiger partial charge in [-0.2, -0.15) is 0 Å². The number of carbonyl (C=O) groups is 1. The maximum absolute atomic E-state index is 11.2.